The fourth-order valence-corrected chi connectivity index (χ4v) is 4.50. The fraction of sp³-hybridized carbons (Fsp3) is 0.350. The predicted molar refractivity (Wildman–Crippen MR) is 112 cm³/mol. The Morgan fingerprint density at radius 2 is 1.75 bits per heavy atom. The molecule has 1 aliphatic rings. The molecular formula is C20H24ClN3O3S. The van der Waals surface area contributed by atoms with Gasteiger partial charge < -0.3 is 9.80 Å². The summed E-state index contributed by atoms with van der Waals surface area (Å²) < 4.78 is 28.1. The highest BCUT2D eigenvalue weighted by molar-refractivity contribution is 7.92. The third-order valence-electron chi connectivity index (χ3n) is 4.69. The van der Waals surface area contributed by atoms with Gasteiger partial charge in [-0.1, -0.05) is 36.7 Å². The van der Waals surface area contributed by atoms with E-state index in [1.54, 1.807) is 42.5 Å². The van der Waals surface area contributed by atoms with Gasteiger partial charge in [-0.3, -0.25) is 9.52 Å². The van der Waals surface area contributed by atoms with Crippen LogP contribution in [0.15, 0.2) is 53.4 Å². The lowest BCUT2D eigenvalue weighted by Crippen LogP contribution is -2.48. The standard InChI is InChI=1S/C20H24ClN3O3S/c1-2-6-20(25)24-13-11-23(12-14-24)19-10-9-16(21)15-18(19)22-28(26,27)17-7-4-3-5-8-17/h3-5,7-10,15,22H,2,6,11-14H2,1H3. The number of nitrogens with zero attached hydrogens (tertiary/aromatic N) is 2. The molecule has 1 aliphatic heterocycles. The molecule has 0 saturated carbocycles. The third kappa shape index (κ3) is 4.77. The third-order valence-corrected chi connectivity index (χ3v) is 6.31. The molecule has 1 saturated heterocycles. The monoisotopic (exact) mass is 421 g/mol. The molecule has 1 N–H and O–H groups in total. The smallest absolute Gasteiger partial charge is 0.261 e. The second kappa shape index (κ2) is 8.84. The predicted octanol–water partition coefficient (Wildman–Crippen LogP) is 3.59. The molecule has 0 aliphatic carbocycles. The first-order valence-electron chi connectivity index (χ1n) is 9.31. The molecule has 28 heavy (non-hydrogen) atoms. The van der Waals surface area contributed by atoms with Gasteiger partial charge in [-0.15, -0.1) is 0 Å². The quantitative estimate of drug-likeness (QED) is 0.773. The SMILES string of the molecule is CCCC(=O)N1CCN(c2ccc(Cl)cc2NS(=O)(=O)c2ccccc2)CC1. The number of nitrogens with one attached hydrogen (secondary N) is 1. The van der Waals surface area contributed by atoms with Gasteiger partial charge in [0.15, 0.2) is 0 Å². The van der Waals surface area contributed by atoms with Crippen molar-refractivity contribution in [2.24, 2.45) is 0 Å². The highest BCUT2D eigenvalue weighted by atomic mass is 35.5. The Bertz CT molecular complexity index is 927. The average Bonchev–Trinajstić information content (AvgIpc) is 2.69. The Kier molecular flexibility index (Phi) is 6.46. The summed E-state index contributed by atoms with van der Waals surface area (Å²) in [7, 11) is -3.72. The Morgan fingerprint density at radius 1 is 1.07 bits per heavy atom. The van der Waals surface area contributed by atoms with Crippen molar-refractivity contribution in [3.05, 3.63) is 53.6 Å². The number of anilines is 2. The van der Waals surface area contributed by atoms with Crippen LogP contribution in [0.25, 0.3) is 0 Å². The van der Waals surface area contributed by atoms with Gasteiger partial charge in [0.25, 0.3) is 10.0 Å². The van der Waals surface area contributed by atoms with E-state index < -0.39 is 10.0 Å². The molecule has 150 valence electrons. The van der Waals surface area contributed by atoms with Crippen LogP contribution in [0.1, 0.15) is 19.8 Å². The first-order chi connectivity index (χ1) is 13.4. The zero-order chi connectivity index (χ0) is 20.1. The van der Waals surface area contributed by atoms with E-state index in [2.05, 4.69) is 9.62 Å². The molecule has 0 unspecified atom stereocenters. The maximum atomic E-state index is 12.7. The minimum atomic E-state index is -3.72. The van der Waals surface area contributed by atoms with Crippen molar-refractivity contribution in [2.75, 3.05) is 35.8 Å². The van der Waals surface area contributed by atoms with Crippen LogP contribution in [0.5, 0.6) is 0 Å². The topological polar surface area (TPSA) is 69.7 Å². The summed E-state index contributed by atoms with van der Waals surface area (Å²) in [6.07, 6.45) is 1.39. The average molecular weight is 422 g/mol. The van der Waals surface area contributed by atoms with E-state index >= 15 is 0 Å². The Morgan fingerprint density at radius 3 is 2.39 bits per heavy atom. The van der Waals surface area contributed by atoms with Gasteiger partial charge in [0, 0.05) is 37.6 Å². The summed E-state index contributed by atoms with van der Waals surface area (Å²) in [5, 5.41) is 0.450. The number of piperazine rings is 1. The van der Waals surface area contributed by atoms with E-state index in [9.17, 15) is 13.2 Å². The molecule has 0 bridgehead atoms. The number of hydrogen-bond acceptors (Lipinski definition) is 4. The van der Waals surface area contributed by atoms with Crippen LogP contribution in [0, 0.1) is 0 Å². The van der Waals surface area contributed by atoms with Crippen LogP contribution >= 0.6 is 11.6 Å². The molecular weight excluding hydrogens is 398 g/mol. The van der Waals surface area contributed by atoms with Gasteiger partial charge in [0.1, 0.15) is 0 Å². The lowest BCUT2D eigenvalue weighted by atomic mass is 10.2. The minimum absolute atomic E-state index is 0.170. The summed E-state index contributed by atoms with van der Waals surface area (Å²) in [6.45, 7) is 4.50. The van der Waals surface area contributed by atoms with Crippen LogP contribution in [-0.4, -0.2) is 45.4 Å². The summed E-state index contributed by atoms with van der Waals surface area (Å²) in [5.74, 6) is 0.170. The van der Waals surface area contributed by atoms with Crippen LogP contribution in [0.2, 0.25) is 5.02 Å². The van der Waals surface area contributed by atoms with Crippen LogP contribution in [0.3, 0.4) is 0 Å². The van der Waals surface area contributed by atoms with Crippen LogP contribution < -0.4 is 9.62 Å². The van der Waals surface area contributed by atoms with Gasteiger partial charge in [-0.2, -0.15) is 0 Å². The number of sulfonamides is 1. The second-order valence-corrected chi connectivity index (χ2v) is 8.82. The van der Waals surface area contributed by atoms with Crippen molar-refractivity contribution in [1.29, 1.82) is 0 Å². The number of amides is 1. The van der Waals surface area contributed by atoms with Gasteiger partial charge in [-0.25, -0.2) is 8.42 Å². The fourth-order valence-electron chi connectivity index (χ4n) is 3.24. The van der Waals surface area contributed by atoms with E-state index in [1.165, 1.54) is 0 Å². The van der Waals surface area contributed by atoms with E-state index in [1.807, 2.05) is 17.9 Å². The molecule has 0 aromatic heterocycles. The molecule has 1 amide bonds. The lowest BCUT2D eigenvalue weighted by Gasteiger charge is -2.37. The van der Waals surface area contributed by atoms with Crippen molar-refractivity contribution in [1.82, 2.24) is 4.90 Å². The summed E-state index contributed by atoms with van der Waals surface area (Å²) in [4.78, 5) is 16.2. The summed E-state index contributed by atoms with van der Waals surface area (Å²) in [5.41, 5.74) is 1.19. The maximum Gasteiger partial charge on any atom is 0.261 e. The Balaban J connectivity index is 1.80. The van der Waals surface area contributed by atoms with Crippen molar-refractivity contribution in [2.45, 2.75) is 24.7 Å². The van der Waals surface area contributed by atoms with E-state index in [-0.39, 0.29) is 10.8 Å². The lowest BCUT2D eigenvalue weighted by molar-refractivity contribution is -0.131. The largest absolute Gasteiger partial charge is 0.366 e. The molecule has 1 fully saturated rings. The number of halogens is 1. The number of benzene rings is 2. The highest BCUT2D eigenvalue weighted by Crippen LogP contribution is 2.32. The molecule has 6 nitrogen and oxygen atoms in total. The van der Waals surface area contributed by atoms with Crippen molar-refractivity contribution >= 4 is 38.9 Å². The first kappa shape index (κ1) is 20.5. The zero-order valence-corrected chi connectivity index (χ0v) is 17.3. The van der Waals surface area contributed by atoms with E-state index in [0.29, 0.717) is 43.3 Å². The summed E-state index contributed by atoms with van der Waals surface area (Å²) in [6, 6.07) is 13.4. The normalized spacial score (nSPS) is 14.8. The van der Waals surface area contributed by atoms with Crippen LogP contribution in [-0.2, 0) is 14.8 Å². The highest BCUT2D eigenvalue weighted by Gasteiger charge is 2.24. The zero-order valence-electron chi connectivity index (χ0n) is 15.8. The van der Waals surface area contributed by atoms with E-state index in [0.717, 1.165) is 12.1 Å². The van der Waals surface area contributed by atoms with Gasteiger partial charge in [0.2, 0.25) is 5.91 Å². The van der Waals surface area contributed by atoms with Crippen molar-refractivity contribution in [3.8, 4) is 0 Å². The molecule has 0 atom stereocenters. The molecule has 0 radical (unpaired) electrons. The molecule has 2 aromatic carbocycles. The van der Waals surface area contributed by atoms with Crippen molar-refractivity contribution in [3.63, 3.8) is 0 Å². The van der Waals surface area contributed by atoms with Gasteiger partial charge in [-0.05, 0) is 36.8 Å². The van der Waals surface area contributed by atoms with Crippen LogP contribution in [0.4, 0.5) is 11.4 Å². The number of rotatable bonds is 6. The molecule has 3 rings (SSSR count). The molecule has 1 heterocycles. The Labute approximate surface area is 171 Å². The first-order valence-corrected chi connectivity index (χ1v) is 11.2. The number of carbonyl (C=O) groups excluding carboxylic acids is 1. The minimum Gasteiger partial charge on any atom is -0.366 e. The number of hydrogen-bond donors (Lipinski definition) is 1. The second-order valence-electron chi connectivity index (χ2n) is 6.70. The van der Waals surface area contributed by atoms with E-state index in [4.69, 9.17) is 11.6 Å². The summed E-state index contributed by atoms with van der Waals surface area (Å²) >= 11 is 6.12. The van der Waals surface area contributed by atoms with Crippen molar-refractivity contribution < 1.29 is 13.2 Å². The molecule has 0 spiro atoms. The maximum absolute atomic E-state index is 12.7. The number of carbonyl (C=O) groups is 1. The van der Waals surface area contributed by atoms with Gasteiger partial charge >= 0.3 is 0 Å². The molecule has 8 heteroatoms. The molecule has 2 aromatic rings. The Hall–Kier alpha value is -2.25. The van der Waals surface area contributed by atoms with Gasteiger partial charge in [0.05, 0.1) is 16.3 Å².